The highest BCUT2D eigenvalue weighted by molar-refractivity contribution is 7.92. The molecule has 1 aromatic carbocycles. The molecule has 1 saturated carbocycles. The summed E-state index contributed by atoms with van der Waals surface area (Å²) >= 11 is 0. The van der Waals surface area contributed by atoms with Crippen LogP contribution in [0.25, 0.3) is 0 Å². The molecule has 20 heavy (non-hydrogen) atoms. The molecule has 0 atom stereocenters. The largest absolute Gasteiger partial charge is 0.221 e. The number of hydrogen-bond donors (Lipinski definition) is 0. The highest BCUT2D eigenvalue weighted by atomic mass is 32.2. The fourth-order valence-corrected chi connectivity index (χ4v) is 4.50. The molecule has 0 unspecified atom stereocenters. The first-order valence-corrected chi connectivity index (χ1v) is 8.68. The molecule has 0 aliphatic heterocycles. The summed E-state index contributed by atoms with van der Waals surface area (Å²) in [6.45, 7) is 3.82. The highest BCUT2D eigenvalue weighted by Crippen LogP contribution is 2.40. The van der Waals surface area contributed by atoms with Crippen LogP contribution in [0.1, 0.15) is 46.0 Å². The van der Waals surface area contributed by atoms with Crippen molar-refractivity contribution < 1.29 is 8.42 Å². The van der Waals surface area contributed by atoms with E-state index in [0.717, 1.165) is 19.3 Å². The minimum Gasteiger partial charge on any atom is -0.221 e. The first-order valence-electron chi connectivity index (χ1n) is 7.20. The second-order valence-electron chi connectivity index (χ2n) is 5.63. The molecule has 0 saturated heterocycles. The summed E-state index contributed by atoms with van der Waals surface area (Å²) in [5.74, 6) is 0. The van der Waals surface area contributed by atoms with E-state index in [0.29, 0.717) is 17.7 Å². The summed E-state index contributed by atoms with van der Waals surface area (Å²) in [4.78, 5) is -0.707. The third-order valence-corrected chi connectivity index (χ3v) is 6.04. The lowest BCUT2D eigenvalue weighted by Crippen LogP contribution is -2.38. The van der Waals surface area contributed by atoms with E-state index >= 15 is 0 Å². The zero-order valence-corrected chi connectivity index (χ0v) is 12.9. The summed E-state index contributed by atoms with van der Waals surface area (Å²) in [5, 5.41) is 8.46. The Bertz CT molecular complexity index is 559. The van der Waals surface area contributed by atoms with E-state index in [9.17, 15) is 8.42 Å². The van der Waals surface area contributed by atoms with Crippen molar-refractivity contribution in [3.8, 4) is 0 Å². The average molecular weight is 294 g/mol. The normalized spacial score (nSPS) is 19.6. The second-order valence-corrected chi connectivity index (χ2v) is 7.87. The van der Waals surface area contributed by atoms with Gasteiger partial charge in [-0.2, -0.15) is 10.2 Å². The monoisotopic (exact) mass is 294 g/mol. The third-order valence-electron chi connectivity index (χ3n) is 3.66. The minimum atomic E-state index is -3.48. The second kappa shape index (κ2) is 6.04. The van der Waals surface area contributed by atoms with Crippen molar-refractivity contribution in [1.82, 2.24) is 0 Å². The van der Waals surface area contributed by atoms with Gasteiger partial charge in [-0.05, 0) is 51.7 Å². The van der Waals surface area contributed by atoms with Crippen molar-refractivity contribution in [2.75, 3.05) is 0 Å². The number of sulfone groups is 1. The quantitative estimate of drug-likeness (QED) is 0.788. The van der Waals surface area contributed by atoms with Gasteiger partial charge in [0.2, 0.25) is 9.84 Å². The van der Waals surface area contributed by atoms with Gasteiger partial charge in [0.15, 0.2) is 4.87 Å². The Kier molecular flexibility index (Phi) is 4.58. The molecule has 1 aliphatic rings. The van der Waals surface area contributed by atoms with Gasteiger partial charge in [0.25, 0.3) is 0 Å². The lowest BCUT2D eigenvalue weighted by Gasteiger charge is -2.32. The first kappa shape index (κ1) is 15.2. The zero-order valence-electron chi connectivity index (χ0n) is 12.1. The van der Waals surface area contributed by atoms with Crippen LogP contribution in [0.15, 0.2) is 45.5 Å². The van der Waals surface area contributed by atoms with Gasteiger partial charge in [-0.3, -0.25) is 0 Å². The molecule has 1 aliphatic carbocycles. The number of azo groups is 1. The van der Waals surface area contributed by atoms with E-state index < -0.39 is 14.7 Å². The Morgan fingerprint density at radius 1 is 1.05 bits per heavy atom. The molecule has 2 rings (SSSR count). The van der Waals surface area contributed by atoms with Crippen LogP contribution in [0.2, 0.25) is 0 Å². The van der Waals surface area contributed by atoms with Gasteiger partial charge in [0, 0.05) is 0 Å². The third kappa shape index (κ3) is 2.92. The van der Waals surface area contributed by atoms with Crippen molar-refractivity contribution in [3.05, 3.63) is 30.3 Å². The van der Waals surface area contributed by atoms with Gasteiger partial charge in [0.1, 0.15) is 0 Å². The lowest BCUT2D eigenvalue weighted by molar-refractivity contribution is 0.366. The van der Waals surface area contributed by atoms with Gasteiger partial charge in [0.05, 0.1) is 10.9 Å². The molecule has 1 fully saturated rings. The summed E-state index contributed by atoms with van der Waals surface area (Å²) < 4.78 is 25.9. The molecule has 5 heteroatoms. The molecule has 0 spiro atoms. The maximum atomic E-state index is 13.0. The number of benzene rings is 1. The Balaban J connectivity index is 2.46. The minimum absolute atomic E-state index is 0.0137. The van der Waals surface area contributed by atoms with Crippen LogP contribution >= 0.6 is 0 Å². The van der Waals surface area contributed by atoms with Gasteiger partial charge >= 0.3 is 0 Å². The summed E-state index contributed by atoms with van der Waals surface area (Å²) in [6, 6.07) is 8.64. The molecule has 4 nitrogen and oxygen atoms in total. The highest BCUT2D eigenvalue weighted by Gasteiger charge is 2.46. The number of rotatable bonds is 4. The van der Waals surface area contributed by atoms with Gasteiger partial charge < -0.3 is 0 Å². The molecule has 0 aromatic heterocycles. The summed E-state index contributed by atoms with van der Waals surface area (Å²) in [5.41, 5.74) is 0. The van der Waals surface area contributed by atoms with Gasteiger partial charge in [-0.1, -0.05) is 24.6 Å². The Morgan fingerprint density at radius 2 is 1.65 bits per heavy atom. The zero-order chi connectivity index (χ0) is 14.6. The fraction of sp³-hybridized carbons (Fsp3) is 0.600. The molecule has 0 N–H and O–H groups in total. The molecule has 1 aromatic rings. The lowest BCUT2D eigenvalue weighted by atomic mass is 9.95. The Morgan fingerprint density at radius 3 is 2.20 bits per heavy atom. The summed E-state index contributed by atoms with van der Waals surface area (Å²) in [6.07, 6.45) is 4.00. The molecule has 0 heterocycles. The molecule has 0 amide bonds. The predicted octanol–water partition coefficient (Wildman–Crippen LogP) is 3.98. The van der Waals surface area contributed by atoms with E-state index in [1.165, 1.54) is 0 Å². The van der Waals surface area contributed by atoms with Crippen molar-refractivity contribution in [1.29, 1.82) is 0 Å². The number of hydrogen-bond acceptors (Lipinski definition) is 4. The maximum Gasteiger partial charge on any atom is 0.205 e. The average Bonchev–Trinajstić information content (AvgIpc) is 2.47. The van der Waals surface area contributed by atoms with Crippen LogP contribution in [0.4, 0.5) is 0 Å². The van der Waals surface area contributed by atoms with E-state index in [-0.39, 0.29) is 6.04 Å². The first-order chi connectivity index (χ1) is 9.48. The van der Waals surface area contributed by atoms with Gasteiger partial charge in [-0.15, -0.1) is 0 Å². The van der Waals surface area contributed by atoms with Crippen LogP contribution in [-0.4, -0.2) is 19.3 Å². The number of nitrogens with zero attached hydrogens (tertiary/aromatic N) is 2. The predicted molar refractivity (Wildman–Crippen MR) is 79.4 cm³/mol. The molecule has 0 bridgehead atoms. The summed E-state index contributed by atoms with van der Waals surface area (Å²) in [7, 11) is -3.48. The molecule has 0 radical (unpaired) electrons. The maximum absolute atomic E-state index is 13.0. The molecular weight excluding hydrogens is 272 g/mol. The van der Waals surface area contributed by atoms with Crippen molar-refractivity contribution in [2.45, 2.75) is 61.8 Å². The molecule has 110 valence electrons. The van der Waals surface area contributed by atoms with Gasteiger partial charge in [-0.25, -0.2) is 8.42 Å². The van der Waals surface area contributed by atoms with Crippen molar-refractivity contribution in [2.24, 2.45) is 10.2 Å². The van der Waals surface area contributed by atoms with E-state index in [1.54, 1.807) is 24.3 Å². The van der Waals surface area contributed by atoms with Crippen LogP contribution < -0.4 is 0 Å². The van der Waals surface area contributed by atoms with Crippen LogP contribution in [0.3, 0.4) is 0 Å². The van der Waals surface area contributed by atoms with Crippen LogP contribution in [0, 0.1) is 0 Å². The Labute approximate surface area is 121 Å². The fourth-order valence-electron chi connectivity index (χ4n) is 2.57. The van der Waals surface area contributed by atoms with Crippen molar-refractivity contribution in [3.63, 3.8) is 0 Å². The van der Waals surface area contributed by atoms with E-state index in [1.807, 2.05) is 19.9 Å². The van der Waals surface area contributed by atoms with E-state index in [2.05, 4.69) is 10.2 Å². The SMILES string of the molecule is CC(C)/N=N/C1(S(=O)(=O)c2ccccc2)CCCCC1. The van der Waals surface area contributed by atoms with Crippen LogP contribution in [0.5, 0.6) is 0 Å². The van der Waals surface area contributed by atoms with Crippen LogP contribution in [-0.2, 0) is 9.84 Å². The van der Waals surface area contributed by atoms with E-state index in [4.69, 9.17) is 0 Å². The topological polar surface area (TPSA) is 58.9 Å². The smallest absolute Gasteiger partial charge is 0.205 e. The standard InChI is InChI=1S/C15H22N2O2S/c1-13(2)16-17-15(11-7-4-8-12-15)20(18,19)14-9-5-3-6-10-14/h3,5-6,9-10,13H,4,7-8,11-12H2,1-2H3/b17-16+. The Hall–Kier alpha value is -1.23. The molecular formula is C15H22N2O2S. The van der Waals surface area contributed by atoms with Crippen molar-refractivity contribution >= 4 is 9.84 Å².